The Balaban J connectivity index is 1.48. The van der Waals surface area contributed by atoms with E-state index >= 15 is 0 Å². The summed E-state index contributed by atoms with van der Waals surface area (Å²) in [6.07, 6.45) is 5.45. The molecule has 29 heavy (non-hydrogen) atoms. The van der Waals surface area contributed by atoms with Crippen LogP contribution < -0.4 is 4.74 Å². The molecule has 0 bridgehead atoms. The van der Waals surface area contributed by atoms with Crippen molar-refractivity contribution in [3.05, 3.63) is 75.5 Å². The number of aromatic nitrogens is 2. The Bertz CT molecular complexity index is 1030. The van der Waals surface area contributed by atoms with Gasteiger partial charge in [-0.15, -0.1) is 0 Å². The highest BCUT2D eigenvalue weighted by molar-refractivity contribution is 9.10. The van der Waals surface area contributed by atoms with Gasteiger partial charge < -0.3 is 9.57 Å². The van der Waals surface area contributed by atoms with E-state index in [9.17, 15) is 10.1 Å². The molecule has 1 aromatic heterocycles. The predicted octanol–water partition coefficient (Wildman–Crippen LogP) is 5.00. The SMILES string of the molecule is O=[N+]([O-])c1ccccc1OC=NOC=Nc1ccc(Sc2ncc(Br)cn2)cc1. The van der Waals surface area contributed by atoms with Gasteiger partial charge in [0.25, 0.3) is 0 Å². The van der Waals surface area contributed by atoms with Crippen molar-refractivity contribution in [2.45, 2.75) is 10.1 Å². The lowest BCUT2D eigenvalue weighted by molar-refractivity contribution is -0.385. The third kappa shape index (κ3) is 6.36. The van der Waals surface area contributed by atoms with Gasteiger partial charge in [0.05, 0.1) is 15.1 Å². The molecule has 2 aromatic carbocycles. The number of aliphatic imine (C=N–C) groups is 1. The molecule has 1 heterocycles. The number of nitro benzene ring substituents is 1. The summed E-state index contributed by atoms with van der Waals surface area (Å²) in [4.78, 5) is 28.6. The molecule has 0 spiro atoms. The maximum absolute atomic E-state index is 10.9. The molecule has 146 valence electrons. The largest absolute Gasteiger partial charge is 0.435 e. The summed E-state index contributed by atoms with van der Waals surface area (Å²) in [6, 6.07) is 13.3. The van der Waals surface area contributed by atoms with E-state index in [1.54, 1.807) is 36.7 Å². The van der Waals surface area contributed by atoms with Crippen LogP contribution in [0.15, 0.2) is 85.6 Å². The monoisotopic (exact) mass is 473 g/mol. The number of oxime groups is 1. The fourth-order valence-electron chi connectivity index (χ4n) is 1.98. The van der Waals surface area contributed by atoms with Crippen LogP contribution in [-0.2, 0) is 4.84 Å². The Hall–Kier alpha value is -3.31. The van der Waals surface area contributed by atoms with E-state index in [0.29, 0.717) is 10.8 Å². The number of hydrogen-bond donors (Lipinski definition) is 0. The lowest BCUT2D eigenvalue weighted by Gasteiger charge is -2.00. The zero-order chi connectivity index (χ0) is 20.5. The summed E-state index contributed by atoms with van der Waals surface area (Å²) in [5.41, 5.74) is 0.486. The van der Waals surface area contributed by atoms with Gasteiger partial charge in [0, 0.05) is 23.4 Å². The number of nitro groups is 1. The number of nitrogens with zero attached hydrogens (tertiary/aromatic N) is 5. The lowest BCUT2D eigenvalue weighted by atomic mass is 10.3. The molecule has 9 nitrogen and oxygen atoms in total. The standard InChI is InChI=1S/C18H12BrN5O4S/c19-13-9-20-18(21-10-13)29-15-7-5-14(6-8-15)22-11-28-23-12-27-17-4-2-1-3-16(17)24(25)26/h1-12H. The van der Waals surface area contributed by atoms with Gasteiger partial charge >= 0.3 is 5.69 Å². The van der Waals surface area contributed by atoms with Crippen molar-refractivity contribution in [2.24, 2.45) is 10.1 Å². The number of hydrogen-bond acceptors (Lipinski definition) is 9. The number of rotatable bonds is 8. The third-order valence-electron chi connectivity index (χ3n) is 3.24. The second-order valence-corrected chi connectivity index (χ2v) is 7.13. The first-order valence-corrected chi connectivity index (χ1v) is 9.58. The molecule has 0 aliphatic rings. The normalized spacial score (nSPS) is 11.1. The predicted molar refractivity (Wildman–Crippen MR) is 112 cm³/mol. The smallest absolute Gasteiger partial charge is 0.311 e. The second-order valence-electron chi connectivity index (χ2n) is 5.17. The van der Waals surface area contributed by atoms with Crippen LogP contribution in [0, 0.1) is 10.1 Å². The van der Waals surface area contributed by atoms with Crippen LogP contribution in [0.2, 0.25) is 0 Å². The van der Waals surface area contributed by atoms with Crippen molar-refractivity contribution in [3.8, 4) is 5.75 Å². The minimum atomic E-state index is -0.545. The summed E-state index contributed by atoms with van der Waals surface area (Å²) in [6.45, 7) is 0. The van der Waals surface area contributed by atoms with Gasteiger partial charge in [-0.3, -0.25) is 10.1 Å². The molecule has 0 saturated heterocycles. The summed E-state index contributed by atoms with van der Waals surface area (Å²) >= 11 is 4.72. The average molecular weight is 474 g/mol. The maximum Gasteiger partial charge on any atom is 0.311 e. The summed E-state index contributed by atoms with van der Waals surface area (Å²) in [5, 5.41) is 15.0. The van der Waals surface area contributed by atoms with Crippen molar-refractivity contribution >= 4 is 51.9 Å². The van der Waals surface area contributed by atoms with Gasteiger partial charge in [-0.05, 0) is 63.2 Å². The Morgan fingerprint density at radius 3 is 2.52 bits per heavy atom. The first kappa shape index (κ1) is 20.4. The molecule has 11 heteroatoms. The van der Waals surface area contributed by atoms with Crippen LogP contribution in [-0.4, -0.2) is 27.7 Å². The minimum Gasteiger partial charge on any atom is -0.435 e. The van der Waals surface area contributed by atoms with Crippen molar-refractivity contribution in [2.75, 3.05) is 0 Å². The molecule has 0 amide bonds. The van der Waals surface area contributed by atoms with Crippen LogP contribution in [0.1, 0.15) is 0 Å². The lowest BCUT2D eigenvalue weighted by Crippen LogP contribution is -1.96. The second kappa shape index (κ2) is 10.3. The first-order valence-electron chi connectivity index (χ1n) is 7.97. The number of halogens is 1. The third-order valence-corrected chi connectivity index (χ3v) is 4.55. The first-order chi connectivity index (χ1) is 14.1. The minimum absolute atomic E-state index is 0.0598. The molecule has 0 atom stereocenters. The molecule has 3 rings (SSSR count). The average Bonchev–Trinajstić information content (AvgIpc) is 2.73. The van der Waals surface area contributed by atoms with Crippen LogP contribution in [0.25, 0.3) is 0 Å². The molecule has 3 aromatic rings. The molecule has 0 N–H and O–H groups in total. The summed E-state index contributed by atoms with van der Waals surface area (Å²) in [5.74, 6) is 0.0598. The zero-order valence-electron chi connectivity index (χ0n) is 14.6. The molecule has 0 saturated carbocycles. The van der Waals surface area contributed by atoms with Crippen molar-refractivity contribution in [1.29, 1.82) is 0 Å². The summed E-state index contributed by atoms with van der Waals surface area (Å²) in [7, 11) is 0. The van der Waals surface area contributed by atoms with Gasteiger partial charge in [0.1, 0.15) is 0 Å². The highest BCUT2D eigenvalue weighted by atomic mass is 79.9. The van der Waals surface area contributed by atoms with Gasteiger partial charge in [0.15, 0.2) is 5.16 Å². The molecule has 0 aliphatic carbocycles. The van der Waals surface area contributed by atoms with Crippen LogP contribution in [0.3, 0.4) is 0 Å². The van der Waals surface area contributed by atoms with E-state index in [0.717, 1.165) is 22.2 Å². The zero-order valence-corrected chi connectivity index (χ0v) is 17.0. The fourth-order valence-corrected chi connectivity index (χ4v) is 2.88. The van der Waals surface area contributed by atoms with Crippen LogP contribution in [0.4, 0.5) is 11.4 Å². The molecular weight excluding hydrogens is 462 g/mol. The highest BCUT2D eigenvalue weighted by Crippen LogP contribution is 2.27. The van der Waals surface area contributed by atoms with E-state index in [4.69, 9.17) is 9.57 Å². The van der Waals surface area contributed by atoms with Gasteiger partial charge in [-0.2, -0.15) is 0 Å². The molecule has 0 aliphatic heterocycles. The van der Waals surface area contributed by atoms with Gasteiger partial charge in [0.2, 0.25) is 18.6 Å². The van der Waals surface area contributed by atoms with E-state index < -0.39 is 4.92 Å². The Labute approximate surface area is 177 Å². The number of para-hydroxylation sites is 2. The van der Waals surface area contributed by atoms with Crippen molar-refractivity contribution < 1.29 is 14.5 Å². The van der Waals surface area contributed by atoms with E-state index in [1.165, 1.54) is 23.9 Å². The highest BCUT2D eigenvalue weighted by Gasteiger charge is 2.12. The molecule has 0 unspecified atom stereocenters. The van der Waals surface area contributed by atoms with Gasteiger partial charge in [-0.25, -0.2) is 15.0 Å². The Morgan fingerprint density at radius 1 is 1.07 bits per heavy atom. The Kier molecular flexibility index (Phi) is 7.25. The van der Waals surface area contributed by atoms with E-state index in [-0.39, 0.29) is 11.4 Å². The summed E-state index contributed by atoms with van der Waals surface area (Å²) < 4.78 is 5.91. The van der Waals surface area contributed by atoms with E-state index in [1.807, 2.05) is 12.1 Å². The van der Waals surface area contributed by atoms with Crippen molar-refractivity contribution in [3.63, 3.8) is 0 Å². The van der Waals surface area contributed by atoms with Crippen LogP contribution in [0.5, 0.6) is 5.75 Å². The van der Waals surface area contributed by atoms with Gasteiger partial charge in [-0.1, -0.05) is 12.1 Å². The van der Waals surface area contributed by atoms with Crippen molar-refractivity contribution in [1.82, 2.24) is 9.97 Å². The Morgan fingerprint density at radius 2 is 1.79 bits per heavy atom. The number of benzene rings is 2. The van der Waals surface area contributed by atoms with E-state index in [2.05, 4.69) is 36.0 Å². The molecule has 0 radical (unpaired) electrons. The van der Waals surface area contributed by atoms with Crippen LogP contribution >= 0.6 is 27.7 Å². The maximum atomic E-state index is 10.9. The fraction of sp³-hybridized carbons (Fsp3) is 0. The molecule has 0 fully saturated rings. The number of ether oxygens (including phenoxy) is 1. The topological polar surface area (TPSA) is 112 Å². The molecular formula is C18H12BrN5O4S. The quantitative estimate of drug-likeness (QED) is 0.149.